The van der Waals surface area contributed by atoms with Gasteiger partial charge in [-0.3, -0.25) is 4.79 Å². The summed E-state index contributed by atoms with van der Waals surface area (Å²) in [5, 5.41) is 8.43. The molecule has 2 heterocycles. The Hall–Kier alpha value is -2.17. The van der Waals surface area contributed by atoms with Gasteiger partial charge in [-0.2, -0.15) is 0 Å². The summed E-state index contributed by atoms with van der Waals surface area (Å²) in [5.41, 5.74) is 2.51. The van der Waals surface area contributed by atoms with Crippen LogP contribution in [0.1, 0.15) is 56.1 Å². The second-order valence-corrected chi connectivity index (χ2v) is 7.41. The molecule has 2 aromatic rings. The van der Waals surface area contributed by atoms with Gasteiger partial charge in [-0.05, 0) is 43.2 Å². The van der Waals surface area contributed by atoms with Gasteiger partial charge in [0.15, 0.2) is 5.82 Å². The highest BCUT2D eigenvalue weighted by atomic mass is 16.2. The standard InChI is InChI=1S/C20H28N4O/c1-15(2)13-23-14-21-22-20(23)18-9-6-12-24(18)19(25)11-10-17-8-5-4-7-16(17)3/h4-5,7-8,14-15,18H,6,9-13H2,1-3H3/t18-/m0/s1. The lowest BCUT2D eigenvalue weighted by molar-refractivity contribution is -0.132. The summed E-state index contributed by atoms with van der Waals surface area (Å²) in [6.45, 7) is 8.19. The Labute approximate surface area is 150 Å². The highest BCUT2D eigenvalue weighted by Gasteiger charge is 2.33. The fourth-order valence-corrected chi connectivity index (χ4v) is 3.67. The molecule has 0 radical (unpaired) electrons. The SMILES string of the molecule is Cc1ccccc1CCC(=O)N1CCC[C@H]1c1nncn1CC(C)C. The maximum atomic E-state index is 12.8. The monoisotopic (exact) mass is 340 g/mol. The molecule has 0 bridgehead atoms. The van der Waals surface area contributed by atoms with Gasteiger partial charge in [0.25, 0.3) is 0 Å². The first kappa shape index (κ1) is 17.6. The largest absolute Gasteiger partial charge is 0.332 e. The summed E-state index contributed by atoms with van der Waals surface area (Å²) in [5.74, 6) is 1.70. The number of benzene rings is 1. The van der Waals surface area contributed by atoms with E-state index < -0.39 is 0 Å². The number of likely N-dealkylation sites (tertiary alicyclic amines) is 1. The normalized spacial score (nSPS) is 17.4. The number of amides is 1. The molecule has 3 rings (SSSR count). The number of carbonyl (C=O) groups excluding carboxylic acids is 1. The van der Waals surface area contributed by atoms with Crippen molar-refractivity contribution in [3.8, 4) is 0 Å². The van der Waals surface area contributed by atoms with E-state index in [1.165, 1.54) is 11.1 Å². The van der Waals surface area contributed by atoms with Crippen molar-refractivity contribution >= 4 is 5.91 Å². The molecule has 0 N–H and O–H groups in total. The van der Waals surface area contributed by atoms with Gasteiger partial charge >= 0.3 is 0 Å². The van der Waals surface area contributed by atoms with Crippen molar-refractivity contribution in [2.75, 3.05) is 6.54 Å². The van der Waals surface area contributed by atoms with Crippen LogP contribution in [0.3, 0.4) is 0 Å². The molecule has 25 heavy (non-hydrogen) atoms. The quantitative estimate of drug-likeness (QED) is 0.808. The summed E-state index contributed by atoms with van der Waals surface area (Å²) >= 11 is 0. The molecule has 134 valence electrons. The van der Waals surface area contributed by atoms with E-state index in [2.05, 4.69) is 47.7 Å². The van der Waals surface area contributed by atoms with E-state index in [0.29, 0.717) is 12.3 Å². The van der Waals surface area contributed by atoms with E-state index in [4.69, 9.17) is 0 Å². The molecular formula is C20H28N4O. The van der Waals surface area contributed by atoms with Crippen molar-refractivity contribution in [1.82, 2.24) is 19.7 Å². The average molecular weight is 340 g/mol. The fourth-order valence-electron chi connectivity index (χ4n) is 3.67. The molecule has 0 spiro atoms. The van der Waals surface area contributed by atoms with Crippen LogP contribution in [0.25, 0.3) is 0 Å². The molecule has 1 aliphatic rings. The van der Waals surface area contributed by atoms with Crippen LogP contribution in [-0.2, 0) is 17.8 Å². The van der Waals surface area contributed by atoms with Crippen LogP contribution in [0.15, 0.2) is 30.6 Å². The molecule has 0 unspecified atom stereocenters. The second-order valence-electron chi connectivity index (χ2n) is 7.41. The molecule has 1 fully saturated rings. The van der Waals surface area contributed by atoms with Gasteiger partial charge in [-0.15, -0.1) is 10.2 Å². The van der Waals surface area contributed by atoms with Gasteiger partial charge in [0.2, 0.25) is 5.91 Å². The molecule has 1 saturated heterocycles. The van der Waals surface area contributed by atoms with Gasteiger partial charge in [0.1, 0.15) is 6.33 Å². The predicted molar refractivity (Wildman–Crippen MR) is 98.0 cm³/mol. The number of aromatic nitrogens is 3. The third-order valence-electron chi connectivity index (χ3n) is 4.95. The topological polar surface area (TPSA) is 51.0 Å². The average Bonchev–Trinajstić information content (AvgIpc) is 3.22. The molecule has 5 heteroatoms. The van der Waals surface area contributed by atoms with Crippen molar-refractivity contribution < 1.29 is 4.79 Å². The lowest BCUT2D eigenvalue weighted by Gasteiger charge is -2.25. The summed E-state index contributed by atoms with van der Waals surface area (Å²) in [6.07, 6.45) is 5.17. The summed E-state index contributed by atoms with van der Waals surface area (Å²) in [7, 11) is 0. The Morgan fingerprint density at radius 1 is 1.32 bits per heavy atom. The van der Waals surface area contributed by atoms with E-state index in [1.807, 2.05) is 17.0 Å². The minimum atomic E-state index is 0.0746. The number of rotatable bonds is 6. The van der Waals surface area contributed by atoms with Gasteiger partial charge < -0.3 is 9.47 Å². The molecule has 1 aromatic heterocycles. The highest BCUT2D eigenvalue weighted by Crippen LogP contribution is 2.31. The van der Waals surface area contributed by atoms with E-state index in [0.717, 1.165) is 38.2 Å². The van der Waals surface area contributed by atoms with Crippen molar-refractivity contribution in [3.05, 3.63) is 47.5 Å². The molecule has 1 aliphatic heterocycles. The number of carbonyl (C=O) groups is 1. The summed E-state index contributed by atoms with van der Waals surface area (Å²) in [6, 6.07) is 8.38. The number of hydrogen-bond acceptors (Lipinski definition) is 3. The van der Waals surface area contributed by atoms with Gasteiger partial charge in [-0.1, -0.05) is 38.1 Å². The Balaban J connectivity index is 1.68. The molecule has 1 atom stereocenters. The van der Waals surface area contributed by atoms with Crippen LogP contribution >= 0.6 is 0 Å². The Morgan fingerprint density at radius 2 is 2.12 bits per heavy atom. The maximum absolute atomic E-state index is 12.8. The lowest BCUT2D eigenvalue weighted by Crippen LogP contribution is -2.32. The number of hydrogen-bond donors (Lipinski definition) is 0. The minimum Gasteiger partial charge on any atom is -0.332 e. The number of nitrogens with zero attached hydrogens (tertiary/aromatic N) is 4. The maximum Gasteiger partial charge on any atom is 0.223 e. The molecule has 1 aromatic carbocycles. The zero-order valence-electron chi connectivity index (χ0n) is 15.5. The predicted octanol–water partition coefficient (Wildman–Crippen LogP) is 3.54. The first-order valence-electron chi connectivity index (χ1n) is 9.28. The van der Waals surface area contributed by atoms with E-state index in [9.17, 15) is 4.79 Å². The number of aryl methyl sites for hydroxylation is 2. The highest BCUT2D eigenvalue weighted by molar-refractivity contribution is 5.77. The van der Waals surface area contributed by atoms with Crippen LogP contribution in [0.5, 0.6) is 0 Å². The van der Waals surface area contributed by atoms with Crippen molar-refractivity contribution in [1.29, 1.82) is 0 Å². The lowest BCUT2D eigenvalue weighted by atomic mass is 10.0. The first-order chi connectivity index (χ1) is 12.1. The Morgan fingerprint density at radius 3 is 2.88 bits per heavy atom. The van der Waals surface area contributed by atoms with Gasteiger partial charge in [0, 0.05) is 19.5 Å². The molecule has 5 nitrogen and oxygen atoms in total. The first-order valence-corrected chi connectivity index (χ1v) is 9.28. The van der Waals surface area contributed by atoms with Crippen LogP contribution in [0, 0.1) is 12.8 Å². The zero-order chi connectivity index (χ0) is 17.8. The Bertz CT molecular complexity index is 722. The van der Waals surface area contributed by atoms with Crippen LogP contribution in [0.4, 0.5) is 0 Å². The van der Waals surface area contributed by atoms with Crippen molar-refractivity contribution in [2.45, 2.75) is 59.0 Å². The third kappa shape index (κ3) is 4.09. The molecular weight excluding hydrogens is 312 g/mol. The Kier molecular flexibility index (Phi) is 5.51. The van der Waals surface area contributed by atoms with Gasteiger partial charge in [-0.25, -0.2) is 0 Å². The van der Waals surface area contributed by atoms with Crippen molar-refractivity contribution in [3.63, 3.8) is 0 Å². The summed E-state index contributed by atoms with van der Waals surface area (Å²) < 4.78 is 2.11. The molecule has 0 saturated carbocycles. The van der Waals surface area contributed by atoms with Crippen LogP contribution < -0.4 is 0 Å². The van der Waals surface area contributed by atoms with E-state index in [1.54, 1.807) is 6.33 Å². The van der Waals surface area contributed by atoms with E-state index >= 15 is 0 Å². The smallest absolute Gasteiger partial charge is 0.223 e. The fraction of sp³-hybridized carbons (Fsp3) is 0.550. The second kappa shape index (κ2) is 7.81. The molecule has 0 aliphatic carbocycles. The third-order valence-corrected chi connectivity index (χ3v) is 4.95. The minimum absolute atomic E-state index is 0.0746. The van der Waals surface area contributed by atoms with Gasteiger partial charge in [0.05, 0.1) is 6.04 Å². The molecule has 1 amide bonds. The van der Waals surface area contributed by atoms with Crippen LogP contribution in [0.2, 0.25) is 0 Å². The van der Waals surface area contributed by atoms with Crippen molar-refractivity contribution in [2.24, 2.45) is 5.92 Å². The van der Waals surface area contributed by atoms with E-state index in [-0.39, 0.29) is 11.9 Å². The van der Waals surface area contributed by atoms with Crippen LogP contribution in [-0.4, -0.2) is 32.1 Å². The summed E-state index contributed by atoms with van der Waals surface area (Å²) in [4.78, 5) is 14.9. The zero-order valence-corrected chi connectivity index (χ0v) is 15.5.